The van der Waals surface area contributed by atoms with Gasteiger partial charge in [0.25, 0.3) is 0 Å². The van der Waals surface area contributed by atoms with Crippen LogP contribution in [0.3, 0.4) is 0 Å². The maximum absolute atomic E-state index is 12.7. The number of amides is 1. The number of hydrogen-bond donors (Lipinski definition) is 2. The normalized spacial score (nSPS) is 11.0. The predicted octanol–water partition coefficient (Wildman–Crippen LogP) is 5.07. The maximum atomic E-state index is 12.7. The molecule has 1 amide bonds. The molecule has 6 nitrogen and oxygen atoms in total. The molecule has 1 unspecified atom stereocenters. The molecule has 9 heteroatoms. The lowest BCUT2D eigenvalue weighted by molar-refractivity contribution is -0.105. The monoisotopic (exact) mass is 462 g/mol. The van der Waals surface area contributed by atoms with Gasteiger partial charge in [-0.2, -0.15) is 0 Å². The molecule has 0 aliphatic rings. The quantitative estimate of drug-likeness (QED) is 0.379. The summed E-state index contributed by atoms with van der Waals surface area (Å²) in [5, 5.41) is 3.15. The number of rotatable bonds is 7. The molecule has 2 N–H and O–H groups in total. The highest BCUT2D eigenvalue weighted by molar-refractivity contribution is 7.86. The second-order valence-electron chi connectivity index (χ2n) is 6.30. The Balaban J connectivity index is 0.000000225. The van der Waals surface area contributed by atoms with Gasteiger partial charge < -0.3 is 14.8 Å². The summed E-state index contributed by atoms with van der Waals surface area (Å²) >= 11 is 1.22. The van der Waals surface area contributed by atoms with Crippen LogP contribution in [-0.2, 0) is 20.5 Å². The molecule has 31 heavy (non-hydrogen) atoms. The van der Waals surface area contributed by atoms with E-state index in [0.29, 0.717) is 33.5 Å². The van der Waals surface area contributed by atoms with Gasteiger partial charge in [0.2, 0.25) is 6.41 Å². The summed E-state index contributed by atoms with van der Waals surface area (Å²) < 4.78 is 32.3. The lowest BCUT2D eigenvalue weighted by Gasteiger charge is -2.06. The van der Waals surface area contributed by atoms with Crippen LogP contribution in [0.2, 0.25) is 0 Å². The second kappa shape index (κ2) is 12.0. The highest BCUT2D eigenvalue weighted by atomic mass is 32.2. The van der Waals surface area contributed by atoms with E-state index in [2.05, 4.69) is 10.0 Å². The number of anilines is 2. The summed E-state index contributed by atoms with van der Waals surface area (Å²) in [6.07, 6.45) is 0.584. The first-order valence-electron chi connectivity index (χ1n) is 9.32. The zero-order chi connectivity index (χ0) is 22.8. The smallest absolute Gasteiger partial charge is 0.348 e. The van der Waals surface area contributed by atoms with Gasteiger partial charge in [-0.3, -0.25) is 4.79 Å². The van der Waals surface area contributed by atoms with Crippen molar-refractivity contribution >= 4 is 45.4 Å². The molecule has 0 fully saturated rings. The van der Waals surface area contributed by atoms with E-state index in [4.69, 9.17) is 4.74 Å². The van der Waals surface area contributed by atoms with Gasteiger partial charge in [0, 0.05) is 5.69 Å². The molecule has 0 aliphatic carbocycles. The van der Waals surface area contributed by atoms with Crippen molar-refractivity contribution in [1.82, 2.24) is 0 Å². The number of aryl methyl sites for hydroxylation is 2. The van der Waals surface area contributed by atoms with Crippen LogP contribution in [0.1, 0.15) is 27.7 Å². The fraction of sp³-hybridized carbons (Fsp3) is 0.182. The Morgan fingerprint density at radius 1 is 1.16 bits per heavy atom. The van der Waals surface area contributed by atoms with Crippen molar-refractivity contribution in [1.29, 1.82) is 0 Å². The Labute approximate surface area is 187 Å². The van der Waals surface area contributed by atoms with E-state index in [1.54, 1.807) is 38.1 Å². The van der Waals surface area contributed by atoms with Gasteiger partial charge in [-0.25, -0.2) is 13.4 Å². The van der Waals surface area contributed by atoms with Gasteiger partial charge in [0.1, 0.15) is 21.7 Å². The van der Waals surface area contributed by atoms with E-state index in [1.165, 1.54) is 23.5 Å². The fourth-order valence-corrected chi connectivity index (χ4v) is 4.31. The molecule has 0 saturated carbocycles. The molecular formula is C22H23FN2O4S2. The summed E-state index contributed by atoms with van der Waals surface area (Å²) in [7, 11) is -1.32. The van der Waals surface area contributed by atoms with Crippen molar-refractivity contribution in [2.45, 2.75) is 25.7 Å². The zero-order valence-electron chi connectivity index (χ0n) is 17.3. The topological polar surface area (TPSA) is 84.5 Å². The first-order valence-corrected chi connectivity index (χ1v) is 11.3. The summed E-state index contributed by atoms with van der Waals surface area (Å²) in [6, 6.07) is 15.0. The molecule has 0 radical (unpaired) electrons. The lowest BCUT2D eigenvalue weighted by atomic mass is 10.2. The Kier molecular flexibility index (Phi) is 9.36. The Hall–Kier alpha value is -3.04. The van der Waals surface area contributed by atoms with Gasteiger partial charge in [-0.05, 0) is 74.4 Å². The van der Waals surface area contributed by atoms with Crippen molar-refractivity contribution < 1.29 is 22.9 Å². The fourth-order valence-electron chi connectivity index (χ4n) is 2.43. The Bertz CT molecular complexity index is 1050. The minimum atomic E-state index is -1.32. The van der Waals surface area contributed by atoms with Crippen LogP contribution >= 0.6 is 11.3 Å². The van der Waals surface area contributed by atoms with E-state index in [0.717, 1.165) is 11.1 Å². The van der Waals surface area contributed by atoms with Crippen LogP contribution in [0.15, 0.2) is 59.5 Å². The van der Waals surface area contributed by atoms with Crippen LogP contribution < -0.4 is 10.0 Å². The molecule has 164 valence electrons. The SMILES string of the molecule is CCOC(=O)c1sc(NC=O)cc1C.Cc1cccc(S(=O)Nc2ccc(F)cc2)c1. The van der Waals surface area contributed by atoms with Gasteiger partial charge in [-0.1, -0.05) is 12.1 Å². The number of hydrogen-bond acceptors (Lipinski definition) is 5. The molecule has 2 aromatic carbocycles. The first kappa shape index (κ1) is 24.2. The van der Waals surface area contributed by atoms with E-state index in [-0.39, 0.29) is 11.8 Å². The Morgan fingerprint density at radius 3 is 2.48 bits per heavy atom. The van der Waals surface area contributed by atoms with Crippen LogP contribution in [0.5, 0.6) is 0 Å². The van der Waals surface area contributed by atoms with Crippen molar-refractivity contribution in [3.8, 4) is 0 Å². The average molecular weight is 463 g/mol. The van der Waals surface area contributed by atoms with Crippen LogP contribution in [0, 0.1) is 19.7 Å². The number of carbonyl (C=O) groups is 2. The molecule has 1 atom stereocenters. The van der Waals surface area contributed by atoms with Crippen LogP contribution in [-0.4, -0.2) is 23.2 Å². The number of esters is 1. The molecule has 1 aromatic heterocycles. The lowest BCUT2D eigenvalue weighted by Crippen LogP contribution is -2.04. The molecule has 1 heterocycles. The molecule has 0 saturated heterocycles. The zero-order valence-corrected chi connectivity index (χ0v) is 18.9. The first-order chi connectivity index (χ1) is 14.8. The molecule has 3 rings (SSSR count). The number of nitrogens with one attached hydrogen (secondary N) is 2. The van der Waals surface area contributed by atoms with Gasteiger partial charge in [-0.15, -0.1) is 11.3 Å². The molecule has 0 spiro atoms. The van der Waals surface area contributed by atoms with Crippen LogP contribution in [0.25, 0.3) is 0 Å². The maximum Gasteiger partial charge on any atom is 0.348 e. The number of thiophene rings is 1. The van der Waals surface area contributed by atoms with Crippen molar-refractivity contribution in [3.63, 3.8) is 0 Å². The van der Waals surface area contributed by atoms with E-state index >= 15 is 0 Å². The van der Waals surface area contributed by atoms with Gasteiger partial charge in [0.15, 0.2) is 0 Å². The minimum Gasteiger partial charge on any atom is -0.462 e. The van der Waals surface area contributed by atoms with E-state index < -0.39 is 11.0 Å². The number of carbonyl (C=O) groups excluding carboxylic acids is 2. The molecular weight excluding hydrogens is 439 g/mol. The predicted molar refractivity (Wildman–Crippen MR) is 122 cm³/mol. The number of halogens is 1. The van der Waals surface area contributed by atoms with E-state index in [9.17, 15) is 18.2 Å². The number of ether oxygens (including phenoxy) is 1. The van der Waals surface area contributed by atoms with Crippen LogP contribution in [0.4, 0.5) is 15.1 Å². The van der Waals surface area contributed by atoms with Crippen molar-refractivity contribution in [2.24, 2.45) is 0 Å². The summed E-state index contributed by atoms with van der Waals surface area (Å²) in [6.45, 7) is 5.86. The molecule has 0 bridgehead atoms. The second-order valence-corrected chi connectivity index (χ2v) is 8.56. The minimum absolute atomic E-state index is 0.308. The Morgan fingerprint density at radius 2 is 1.87 bits per heavy atom. The third-order valence-electron chi connectivity index (χ3n) is 3.84. The standard InChI is InChI=1S/C13H12FNOS.C9H11NO3S/c1-10-3-2-4-13(9-10)17(16)15-12-7-5-11(14)6-8-12;1-3-13-9(12)8-6(2)4-7(14-8)10-5-11/h2-9,15H,1H3;4-5H,3H2,1-2H3,(H,10,11). The largest absolute Gasteiger partial charge is 0.462 e. The summed E-state index contributed by atoms with van der Waals surface area (Å²) in [5.41, 5.74) is 2.50. The summed E-state index contributed by atoms with van der Waals surface area (Å²) in [4.78, 5) is 22.8. The highest BCUT2D eigenvalue weighted by Gasteiger charge is 2.14. The highest BCUT2D eigenvalue weighted by Crippen LogP contribution is 2.26. The molecule has 0 aliphatic heterocycles. The average Bonchev–Trinajstić information content (AvgIpc) is 3.11. The van der Waals surface area contributed by atoms with E-state index in [1.807, 2.05) is 25.1 Å². The van der Waals surface area contributed by atoms with Gasteiger partial charge in [0.05, 0.1) is 16.5 Å². The van der Waals surface area contributed by atoms with Crippen molar-refractivity contribution in [2.75, 3.05) is 16.6 Å². The van der Waals surface area contributed by atoms with Crippen molar-refractivity contribution in [3.05, 3.63) is 76.4 Å². The summed E-state index contributed by atoms with van der Waals surface area (Å²) in [5.74, 6) is -0.647. The number of benzene rings is 2. The third-order valence-corrected chi connectivity index (χ3v) is 6.09. The third kappa shape index (κ3) is 7.62. The molecule has 3 aromatic rings. The van der Waals surface area contributed by atoms with Gasteiger partial charge >= 0.3 is 5.97 Å².